The molecule has 2 heterocycles. The van der Waals surface area contributed by atoms with Crippen molar-refractivity contribution >= 4 is 15.7 Å². The Labute approximate surface area is 121 Å². The summed E-state index contributed by atoms with van der Waals surface area (Å²) in [5.41, 5.74) is 0.633. The lowest BCUT2D eigenvalue weighted by molar-refractivity contribution is 0.172. The van der Waals surface area contributed by atoms with Crippen molar-refractivity contribution in [3.8, 4) is 11.5 Å². The van der Waals surface area contributed by atoms with E-state index in [9.17, 15) is 8.42 Å². The molecule has 0 amide bonds. The van der Waals surface area contributed by atoms with Gasteiger partial charge in [-0.25, -0.2) is 8.42 Å². The van der Waals surface area contributed by atoms with Crippen molar-refractivity contribution in [2.75, 3.05) is 17.9 Å². The maximum absolute atomic E-state index is 12.5. The molecular formula is C13H14N2O5S. The minimum atomic E-state index is -3.81. The first kappa shape index (κ1) is 13.7. The SMILES string of the molecule is Cc1noc(C)c1S(=O)(=O)Nc1cccc2c1OCCO2. The van der Waals surface area contributed by atoms with Crippen LogP contribution in [0.4, 0.5) is 5.69 Å². The first-order valence-electron chi connectivity index (χ1n) is 6.33. The fraction of sp³-hybridized carbons (Fsp3) is 0.308. The van der Waals surface area contributed by atoms with E-state index in [0.29, 0.717) is 36.1 Å². The molecule has 2 aromatic rings. The van der Waals surface area contributed by atoms with E-state index in [4.69, 9.17) is 14.0 Å². The minimum absolute atomic E-state index is 0.0387. The molecule has 0 saturated carbocycles. The summed E-state index contributed by atoms with van der Waals surface area (Å²) in [5.74, 6) is 1.14. The van der Waals surface area contributed by atoms with Crippen LogP contribution in [-0.4, -0.2) is 26.8 Å². The van der Waals surface area contributed by atoms with Crippen molar-refractivity contribution < 1.29 is 22.4 Å². The van der Waals surface area contributed by atoms with E-state index in [2.05, 4.69) is 9.88 Å². The van der Waals surface area contributed by atoms with Crippen LogP contribution in [0.3, 0.4) is 0 Å². The lowest BCUT2D eigenvalue weighted by Crippen LogP contribution is -2.19. The van der Waals surface area contributed by atoms with E-state index >= 15 is 0 Å². The van der Waals surface area contributed by atoms with Crippen LogP contribution >= 0.6 is 0 Å². The lowest BCUT2D eigenvalue weighted by atomic mass is 10.2. The molecule has 1 aliphatic heterocycles. The molecule has 3 rings (SSSR count). The fourth-order valence-electron chi connectivity index (χ4n) is 2.21. The predicted molar refractivity (Wildman–Crippen MR) is 74.2 cm³/mol. The third-order valence-corrected chi connectivity index (χ3v) is 4.66. The van der Waals surface area contributed by atoms with Crippen LogP contribution in [0.25, 0.3) is 0 Å². The summed E-state index contributed by atoms with van der Waals surface area (Å²) in [6.45, 7) is 3.93. The molecule has 0 unspecified atom stereocenters. The monoisotopic (exact) mass is 310 g/mol. The van der Waals surface area contributed by atoms with E-state index < -0.39 is 10.0 Å². The summed E-state index contributed by atoms with van der Waals surface area (Å²) < 4.78 is 43.3. The largest absolute Gasteiger partial charge is 0.486 e. The molecule has 1 aromatic heterocycles. The Morgan fingerprint density at radius 3 is 2.67 bits per heavy atom. The quantitative estimate of drug-likeness (QED) is 0.930. The van der Waals surface area contributed by atoms with Crippen LogP contribution in [-0.2, 0) is 10.0 Å². The number of nitrogens with one attached hydrogen (secondary N) is 1. The molecule has 0 saturated heterocycles. The molecule has 1 aromatic carbocycles. The smallest absolute Gasteiger partial charge is 0.267 e. The maximum Gasteiger partial charge on any atom is 0.267 e. The zero-order valence-electron chi connectivity index (χ0n) is 11.5. The molecule has 0 bridgehead atoms. The average Bonchev–Trinajstić information content (AvgIpc) is 2.79. The van der Waals surface area contributed by atoms with Gasteiger partial charge >= 0.3 is 0 Å². The highest BCUT2D eigenvalue weighted by molar-refractivity contribution is 7.92. The number of fused-ring (bicyclic) bond motifs is 1. The van der Waals surface area contributed by atoms with Crippen LogP contribution in [0, 0.1) is 13.8 Å². The highest BCUT2D eigenvalue weighted by atomic mass is 32.2. The first-order valence-corrected chi connectivity index (χ1v) is 7.81. The third kappa shape index (κ3) is 2.42. The summed E-state index contributed by atoms with van der Waals surface area (Å²) in [6, 6.07) is 5.03. The molecule has 0 atom stereocenters. The number of para-hydroxylation sites is 1. The number of nitrogens with zero attached hydrogens (tertiary/aromatic N) is 1. The van der Waals surface area contributed by atoms with Crippen LogP contribution in [0.15, 0.2) is 27.6 Å². The number of hydrogen-bond donors (Lipinski definition) is 1. The number of rotatable bonds is 3. The number of ether oxygens (including phenoxy) is 2. The van der Waals surface area contributed by atoms with Crippen LogP contribution in [0.1, 0.15) is 11.5 Å². The van der Waals surface area contributed by atoms with Gasteiger partial charge in [-0.1, -0.05) is 11.2 Å². The number of sulfonamides is 1. The van der Waals surface area contributed by atoms with Crippen molar-refractivity contribution in [3.05, 3.63) is 29.7 Å². The predicted octanol–water partition coefficient (Wildman–Crippen LogP) is 1.86. The van der Waals surface area contributed by atoms with Gasteiger partial charge in [-0.2, -0.15) is 0 Å². The molecule has 7 nitrogen and oxygen atoms in total. The van der Waals surface area contributed by atoms with E-state index in [0.717, 1.165) is 0 Å². The summed E-state index contributed by atoms with van der Waals surface area (Å²) in [6.07, 6.45) is 0. The molecule has 112 valence electrons. The molecule has 8 heteroatoms. The van der Waals surface area contributed by atoms with Gasteiger partial charge in [-0.3, -0.25) is 4.72 Å². The molecule has 0 radical (unpaired) electrons. The zero-order chi connectivity index (χ0) is 15.0. The normalized spacial score (nSPS) is 14.0. The fourth-order valence-corrected chi connectivity index (χ4v) is 3.60. The Morgan fingerprint density at radius 1 is 1.19 bits per heavy atom. The van der Waals surface area contributed by atoms with E-state index in [1.807, 2.05) is 0 Å². The van der Waals surface area contributed by atoms with Gasteiger partial charge in [0.25, 0.3) is 10.0 Å². The molecule has 21 heavy (non-hydrogen) atoms. The summed E-state index contributed by atoms with van der Waals surface area (Å²) >= 11 is 0. The molecule has 1 N–H and O–H groups in total. The topological polar surface area (TPSA) is 90.7 Å². The second-order valence-electron chi connectivity index (χ2n) is 4.59. The Bertz CT molecular complexity index is 762. The van der Waals surface area contributed by atoms with Gasteiger partial charge in [0, 0.05) is 0 Å². The number of aromatic nitrogens is 1. The Balaban J connectivity index is 2.01. The van der Waals surface area contributed by atoms with Gasteiger partial charge in [0.15, 0.2) is 22.2 Å². The molecule has 0 spiro atoms. The summed E-state index contributed by atoms with van der Waals surface area (Å²) in [5, 5.41) is 3.66. The van der Waals surface area contributed by atoms with Gasteiger partial charge in [0.2, 0.25) is 0 Å². The molecular weight excluding hydrogens is 296 g/mol. The summed E-state index contributed by atoms with van der Waals surface area (Å²) in [7, 11) is -3.81. The van der Waals surface area contributed by atoms with Crippen molar-refractivity contribution in [2.45, 2.75) is 18.7 Å². The Kier molecular flexibility index (Phi) is 3.25. The molecule has 0 fully saturated rings. The third-order valence-electron chi connectivity index (χ3n) is 3.05. The first-order chi connectivity index (χ1) is 9.99. The summed E-state index contributed by atoms with van der Waals surface area (Å²) in [4.78, 5) is 0.0387. The lowest BCUT2D eigenvalue weighted by Gasteiger charge is -2.21. The van der Waals surface area contributed by atoms with Crippen LogP contribution in [0.5, 0.6) is 11.5 Å². The van der Waals surface area contributed by atoms with Gasteiger partial charge in [0.05, 0.1) is 5.69 Å². The van der Waals surface area contributed by atoms with Crippen LogP contribution < -0.4 is 14.2 Å². The van der Waals surface area contributed by atoms with E-state index in [-0.39, 0.29) is 10.7 Å². The highest BCUT2D eigenvalue weighted by Crippen LogP contribution is 2.38. The average molecular weight is 310 g/mol. The van der Waals surface area contributed by atoms with Gasteiger partial charge < -0.3 is 14.0 Å². The second-order valence-corrected chi connectivity index (χ2v) is 6.21. The Morgan fingerprint density at radius 2 is 1.95 bits per heavy atom. The Hall–Kier alpha value is -2.22. The van der Waals surface area contributed by atoms with Crippen molar-refractivity contribution in [2.24, 2.45) is 0 Å². The van der Waals surface area contributed by atoms with Gasteiger partial charge in [0.1, 0.15) is 18.9 Å². The van der Waals surface area contributed by atoms with Crippen molar-refractivity contribution in [3.63, 3.8) is 0 Å². The van der Waals surface area contributed by atoms with Crippen molar-refractivity contribution in [1.29, 1.82) is 0 Å². The minimum Gasteiger partial charge on any atom is -0.486 e. The number of anilines is 1. The van der Waals surface area contributed by atoms with Gasteiger partial charge in [-0.05, 0) is 26.0 Å². The standard InChI is InChI=1S/C13H14N2O5S/c1-8-13(9(2)20-14-8)21(16,17)15-10-4-3-5-11-12(10)19-7-6-18-11/h3-5,15H,6-7H2,1-2H3. The second kappa shape index (κ2) is 4.96. The van der Waals surface area contributed by atoms with E-state index in [1.165, 1.54) is 0 Å². The van der Waals surface area contributed by atoms with Crippen molar-refractivity contribution in [1.82, 2.24) is 5.16 Å². The zero-order valence-corrected chi connectivity index (χ0v) is 12.4. The van der Waals surface area contributed by atoms with E-state index in [1.54, 1.807) is 32.0 Å². The number of aryl methyl sites for hydroxylation is 2. The van der Waals surface area contributed by atoms with Crippen LogP contribution in [0.2, 0.25) is 0 Å². The molecule has 1 aliphatic rings. The number of benzene rings is 1. The van der Waals surface area contributed by atoms with Gasteiger partial charge in [-0.15, -0.1) is 0 Å². The maximum atomic E-state index is 12.5. The highest BCUT2D eigenvalue weighted by Gasteiger charge is 2.26. The number of hydrogen-bond acceptors (Lipinski definition) is 6. The molecule has 0 aliphatic carbocycles.